The SMILES string of the molecule is CCCC1CCC(CCC2CCC(c3ccc(OCC)c(F)c3F)=CC2=O)CC1. The number of allylic oxidation sites excluding steroid dienone is 2. The summed E-state index contributed by atoms with van der Waals surface area (Å²) in [4.78, 5) is 12.6. The van der Waals surface area contributed by atoms with Crippen LogP contribution < -0.4 is 4.74 Å². The predicted molar refractivity (Wildman–Crippen MR) is 113 cm³/mol. The van der Waals surface area contributed by atoms with Crippen molar-refractivity contribution in [2.45, 2.75) is 78.1 Å². The maximum Gasteiger partial charge on any atom is 0.201 e. The molecule has 1 saturated carbocycles. The smallest absolute Gasteiger partial charge is 0.201 e. The molecule has 2 aliphatic carbocycles. The molecule has 1 atom stereocenters. The molecular formula is C25H34F2O2. The van der Waals surface area contributed by atoms with Gasteiger partial charge in [0.15, 0.2) is 17.3 Å². The van der Waals surface area contributed by atoms with Crippen LogP contribution in [0.2, 0.25) is 0 Å². The van der Waals surface area contributed by atoms with Crippen LogP contribution in [-0.2, 0) is 4.79 Å². The zero-order valence-corrected chi connectivity index (χ0v) is 17.8. The summed E-state index contributed by atoms with van der Waals surface area (Å²) >= 11 is 0. The molecule has 1 unspecified atom stereocenters. The highest BCUT2D eigenvalue weighted by Crippen LogP contribution is 2.38. The normalized spacial score (nSPS) is 25.0. The van der Waals surface area contributed by atoms with Crippen LogP contribution in [0.25, 0.3) is 5.57 Å². The maximum absolute atomic E-state index is 14.5. The van der Waals surface area contributed by atoms with Crippen LogP contribution in [0.3, 0.4) is 0 Å². The lowest BCUT2D eigenvalue weighted by atomic mass is 9.76. The molecule has 1 fully saturated rings. The van der Waals surface area contributed by atoms with E-state index in [9.17, 15) is 13.6 Å². The van der Waals surface area contributed by atoms with E-state index >= 15 is 0 Å². The molecule has 2 aliphatic rings. The molecule has 0 radical (unpaired) electrons. The van der Waals surface area contributed by atoms with Gasteiger partial charge in [0, 0.05) is 11.5 Å². The second-order valence-corrected chi connectivity index (χ2v) is 8.73. The number of carbonyl (C=O) groups excluding carboxylic acids is 1. The molecule has 0 bridgehead atoms. The summed E-state index contributed by atoms with van der Waals surface area (Å²) in [6.07, 6.45) is 12.8. The highest BCUT2D eigenvalue weighted by atomic mass is 19.2. The van der Waals surface area contributed by atoms with Crippen LogP contribution >= 0.6 is 0 Å². The fourth-order valence-corrected chi connectivity index (χ4v) is 5.03. The fourth-order valence-electron chi connectivity index (χ4n) is 5.03. The molecule has 0 heterocycles. The van der Waals surface area contributed by atoms with Crippen LogP contribution in [-0.4, -0.2) is 12.4 Å². The van der Waals surface area contributed by atoms with Crippen LogP contribution in [0.15, 0.2) is 18.2 Å². The number of hydrogen-bond donors (Lipinski definition) is 0. The highest BCUT2D eigenvalue weighted by molar-refractivity contribution is 6.00. The predicted octanol–water partition coefficient (Wildman–Crippen LogP) is 7.11. The highest BCUT2D eigenvalue weighted by Gasteiger charge is 2.27. The maximum atomic E-state index is 14.5. The summed E-state index contributed by atoms with van der Waals surface area (Å²) in [6.45, 7) is 4.26. The number of ether oxygens (including phenoxy) is 1. The van der Waals surface area contributed by atoms with Gasteiger partial charge in [0.05, 0.1) is 6.61 Å². The second kappa shape index (κ2) is 10.4. The number of halogens is 2. The number of ketones is 1. The Kier molecular flexibility index (Phi) is 7.85. The molecule has 0 N–H and O–H groups in total. The van der Waals surface area contributed by atoms with E-state index in [1.54, 1.807) is 13.0 Å². The van der Waals surface area contributed by atoms with Crippen LogP contribution in [0.4, 0.5) is 8.78 Å². The van der Waals surface area contributed by atoms with E-state index in [-0.39, 0.29) is 29.6 Å². The second-order valence-electron chi connectivity index (χ2n) is 8.73. The first-order chi connectivity index (χ1) is 14.0. The first-order valence-electron chi connectivity index (χ1n) is 11.4. The Hall–Kier alpha value is -1.71. The van der Waals surface area contributed by atoms with Crippen LogP contribution in [0.5, 0.6) is 5.75 Å². The average molecular weight is 405 g/mol. The first kappa shape index (κ1) is 22.0. The molecule has 3 rings (SSSR count). The van der Waals surface area contributed by atoms with Crippen molar-refractivity contribution < 1.29 is 18.3 Å². The summed E-state index contributed by atoms with van der Waals surface area (Å²) in [5, 5.41) is 0. The van der Waals surface area contributed by atoms with Gasteiger partial charge in [-0.25, -0.2) is 4.39 Å². The van der Waals surface area contributed by atoms with Gasteiger partial charge in [0.1, 0.15) is 0 Å². The first-order valence-corrected chi connectivity index (χ1v) is 11.4. The number of rotatable bonds is 8. The zero-order valence-electron chi connectivity index (χ0n) is 17.8. The topological polar surface area (TPSA) is 26.3 Å². The van der Waals surface area contributed by atoms with Gasteiger partial charge in [-0.05, 0) is 68.2 Å². The Labute approximate surface area is 173 Å². The monoisotopic (exact) mass is 404 g/mol. The van der Waals surface area contributed by atoms with Crippen molar-refractivity contribution in [3.63, 3.8) is 0 Å². The molecular weight excluding hydrogens is 370 g/mol. The van der Waals surface area contributed by atoms with Crippen molar-refractivity contribution in [1.29, 1.82) is 0 Å². The lowest BCUT2D eigenvalue weighted by Gasteiger charge is -2.29. The molecule has 0 spiro atoms. The van der Waals surface area contributed by atoms with Gasteiger partial charge >= 0.3 is 0 Å². The Morgan fingerprint density at radius 3 is 2.24 bits per heavy atom. The minimum atomic E-state index is -0.974. The number of benzene rings is 1. The quantitative estimate of drug-likeness (QED) is 0.461. The van der Waals surface area contributed by atoms with Gasteiger partial charge in [0.25, 0.3) is 0 Å². The fraction of sp³-hybridized carbons (Fsp3) is 0.640. The summed E-state index contributed by atoms with van der Waals surface area (Å²) < 4.78 is 33.7. The molecule has 4 heteroatoms. The largest absolute Gasteiger partial charge is 0.491 e. The van der Waals surface area contributed by atoms with Gasteiger partial charge in [-0.2, -0.15) is 4.39 Å². The summed E-state index contributed by atoms with van der Waals surface area (Å²) in [7, 11) is 0. The van der Waals surface area contributed by atoms with Crippen molar-refractivity contribution in [3.05, 3.63) is 35.4 Å². The molecule has 2 nitrogen and oxygen atoms in total. The van der Waals surface area contributed by atoms with Gasteiger partial charge in [-0.15, -0.1) is 0 Å². The summed E-state index contributed by atoms with van der Waals surface area (Å²) in [5.41, 5.74) is 0.790. The Balaban J connectivity index is 1.56. The summed E-state index contributed by atoms with van der Waals surface area (Å²) in [6, 6.07) is 2.97. The van der Waals surface area contributed by atoms with Crippen molar-refractivity contribution in [2.75, 3.05) is 6.61 Å². The zero-order chi connectivity index (χ0) is 20.8. The minimum absolute atomic E-state index is 0.0303. The molecule has 1 aromatic rings. The van der Waals surface area contributed by atoms with E-state index < -0.39 is 11.6 Å². The van der Waals surface area contributed by atoms with E-state index in [1.807, 2.05) is 0 Å². The third-order valence-electron chi connectivity index (χ3n) is 6.76. The third kappa shape index (κ3) is 5.46. The van der Waals surface area contributed by atoms with E-state index in [2.05, 4.69) is 6.92 Å². The van der Waals surface area contributed by atoms with Crippen molar-refractivity contribution in [1.82, 2.24) is 0 Å². The van der Waals surface area contributed by atoms with Gasteiger partial charge in [-0.1, -0.05) is 45.4 Å². The number of carbonyl (C=O) groups is 1. The van der Waals surface area contributed by atoms with Crippen molar-refractivity contribution in [2.24, 2.45) is 17.8 Å². The van der Waals surface area contributed by atoms with Crippen molar-refractivity contribution >= 4 is 11.4 Å². The van der Waals surface area contributed by atoms with Gasteiger partial charge in [-0.3, -0.25) is 4.79 Å². The summed E-state index contributed by atoms with van der Waals surface area (Å²) in [5.74, 6) is -0.220. The Bertz CT molecular complexity index is 733. The van der Waals surface area contributed by atoms with Gasteiger partial charge in [0.2, 0.25) is 5.82 Å². The average Bonchev–Trinajstić information content (AvgIpc) is 2.72. The van der Waals surface area contributed by atoms with E-state index in [1.165, 1.54) is 50.7 Å². The molecule has 0 saturated heterocycles. The standard InChI is InChI=1S/C25H34F2O2/c1-3-5-17-6-8-18(9-7-17)10-11-19-12-13-20(16-22(19)28)21-14-15-23(29-4-2)25(27)24(21)26/h14-19H,3-13H2,1-2H3. The van der Waals surface area contributed by atoms with E-state index in [0.29, 0.717) is 12.0 Å². The van der Waals surface area contributed by atoms with Crippen molar-refractivity contribution in [3.8, 4) is 5.75 Å². The number of hydrogen-bond acceptors (Lipinski definition) is 2. The lowest BCUT2D eigenvalue weighted by molar-refractivity contribution is -0.118. The van der Waals surface area contributed by atoms with E-state index in [4.69, 9.17) is 4.74 Å². The third-order valence-corrected chi connectivity index (χ3v) is 6.76. The molecule has 0 aromatic heterocycles. The molecule has 0 aliphatic heterocycles. The van der Waals surface area contributed by atoms with E-state index in [0.717, 1.165) is 31.1 Å². The lowest BCUT2D eigenvalue weighted by Crippen LogP contribution is -2.20. The minimum Gasteiger partial charge on any atom is -0.491 e. The van der Waals surface area contributed by atoms with Gasteiger partial charge < -0.3 is 4.74 Å². The van der Waals surface area contributed by atoms with Crippen LogP contribution in [0.1, 0.15) is 83.6 Å². The molecule has 29 heavy (non-hydrogen) atoms. The molecule has 160 valence electrons. The Morgan fingerprint density at radius 1 is 0.931 bits per heavy atom. The molecule has 1 aromatic carbocycles. The Morgan fingerprint density at radius 2 is 1.62 bits per heavy atom. The molecule has 0 amide bonds. The van der Waals surface area contributed by atoms with Crippen LogP contribution in [0, 0.1) is 29.4 Å².